The van der Waals surface area contributed by atoms with Crippen molar-refractivity contribution in [2.75, 3.05) is 68.4 Å². The maximum atomic E-state index is 13.3. The van der Waals surface area contributed by atoms with E-state index in [-0.39, 0.29) is 11.8 Å². The third-order valence-electron chi connectivity index (χ3n) is 5.88. The number of morpholine rings is 1. The fraction of sp³-hybridized carbons (Fsp3) is 0.524. The molecule has 2 saturated heterocycles. The van der Waals surface area contributed by atoms with Gasteiger partial charge in [0.1, 0.15) is 0 Å². The van der Waals surface area contributed by atoms with Gasteiger partial charge < -0.3 is 14.5 Å². The molecule has 3 heterocycles. The first-order valence-corrected chi connectivity index (χ1v) is 13.0. The standard InChI is InChI=1S/C21H27F3N6O4S/c1-35(32,33)26-19-4-5-30(25-19)20(31)29-8-6-27(7-9-29)15-16-2-3-17(21(22,23)24)14-18(16)28-10-12-34-13-11-28/h2-5,14H,6-13,15H2,1H3,(H,25,26). The van der Waals surface area contributed by atoms with Crippen molar-refractivity contribution in [2.45, 2.75) is 12.7 Å². The van der Waals surface area contributed by atoms with E-state index >= 15 is 0 Å². The lowest BCUT2D eigenvalue weighted by Gasteiger charge is -2.36. The zero-order valence-electron chi connectivity index (χ0n) is 19.2. The zero-order chi connectivity index (χ0) is 25.2. The molecule has 4 rings (SSSR count). The molecule has 0 spiro atoms. The zero-order valence-corrected chi connectivity index (χ0v) is 20.0. The van der Waals surface area contributed by atoms with Crippen LogP contribution in [-0.4, -0.2) is 92.8 Å². The van der Waals surface area contributed by atoms with Crippen LogP contribution in [0.1, 0.15) is 11.1 Å². The number of hydrogen-bond acceptors (Lipinski definition) is 7. The van der Waals surface area contributed by atoms with E-state index in [9.17, 15) is 26.4 Å². The molecule has 1 aromatic heterocycles. The molecule has 1 amide bonds. The number of nitrogens with zero attached hydrogens (tertiary/aromatic N) is 5. The number of hydrogen-bond donors (Lipinski definition) is 1. The van der Waals surface area contributed by atoms with Crippen molar-refractivity contribution in [2.24, 2.45) is 0 Å². The van der Waals surface area contributed by atoms with Crippen LogP contribution < -0.4 is 9.62 Å². The van der Waals surface area contributed by atoms with E-state index in [1.165, 1.54) is 24.4 Å². The summed E-state index contributed by atoms with van der Waals surface area (Å²) >= 11 is 0. The van der Waals surface area contributed by atoms with E-state index in [2.05, 4.69) is 14.7 Å². The molecule has 2 aromatic rings. The molecule has 0 bridgehead atoms. The Hall–Kier alpha value is -2.84. The van der Waals surface area contributed by atoms with Crippen LogP contribution in [0.5, 0.6) is 0 Å². The number of carbonyl (C=O) groups is 1. The lowest BCUT2D eigenvalue weighted by atomic mass is 10.1. The van der Waals surface area contributed by atoms with Crippen LogP contribution in [0.3, 0.4) is 0 Å². The van der Waals surface area contributed by atoms with Gasteiger partial charge >= 0.3 is 12.2 Å². The molecule has 0 saturated carbocycles. The SMILES string of the molecule is CS(=O)(=O)Nc1ccn(C(=O)N2CCN(Cc3ccc(C(F)(F)F)cc3N3CCOCC3)CC2)n1. The van der Waals surface area contributed by atoms with Crippen LogP contribution in [0.25, 0.3) is 0 Å². The molecule has 1 N–H and O–H groups in total. The van der Waals surface area contributed by atoms with Crippen LogP contribution in [0, 0.1) is 0 Å². The highest BCUT2D eigenvalue weighted by Crippen LogP contribution is 2.34. The number of sulfonamides is 1. The number of aromatic nitrogens is 2. The predicted octanol–water partition coefficient (Wildman–Crippen LogP) is 1.90. The van der Waals surface area contributed by atoms with Gasteiger partial charge in [-0.3, -0.25) is 9.62 Å². The number of alkyl halides is 3. The number of benzene rings is 1. The Morgan fingerprint density at radius 1 is 1.09 bits per heavy atom. The first-order valence-electron chi connectivity index (χ1n) is 11.1. The molecule has 10 nitrogen and oxygen atoms in total. The van der Waals surface area contributed by atoms with E-state index in [0.717, 1.165) is 22.6 Å². The summed E-state index contributed by atoms with van der Waals surface area (Å²) in [6.07, 6.45) is -2.04. The summed E-state index contributed by atoms with van der Waals surface area (Å²) in [4.78, 5) is 18.4. The van der Waals surface area contributed by atoms with Gasteiger partial charge in [0, 0.05) is 63.8 Å². The monoisotopic (exact) mass is 516 g/mol. The van der Waals surface area contributed by atoms with E-state index in [0.29, 0.717) is 64.7 Å². The van der Waals surface area contributed by atoms with Gasteiger partial charge in [-0.2, -0.15) is 17.9 Å². The highest BCUT2D eigenvalue weighted by atomic mass is 32.2. The minimum absolute atomic E-state index is 0.0532. The first kappa shape index (κ1) is 25.3. The average molecular weight is 517 g/mol. The molecule has 2 aliphatic rings. The summed E-state index contributed by atoms with van der Waals surface area (Å²) in [5.74, 6) is 0.0532. The van der Waals surface area contributed by atoms with Crippen molar-refractivity contribution in [1.82, 2.24) is 19.6 Å². The summed E-state index contributed by atoms with van der Waals surface area (Å²) in [5.41, 5.74) is 0.675. The summed E-state index contributed by atoms with van der Waals surface area (Å²) < 4.78 is 71.3. The molecule has 2 aliphatic heterocycles. The fourth-order valence-electron chi connectivity index (χ4n) is 4.13. The van der Waals surface area contributed by atoms with Crippen molar-refractivity contribution in [3.63, 3.8) is 0 Å². The number of nitrogens with one attached hydrogen (secondary N) is 1. The summed E-state index contributed by atoms with van der Waals surface area (Å²) in [6.45, 7) is 4.30. The van der Waals surface area contributed by atoms with Gasteiger partial charge in [0.15, 0.2) is 5.82 Å². The average Bonchev–Trinajstić information content (AvgIpc) is 3.26. The molecule has 0 aliphatic carbocycles. The Balaban J connectivity index is 1.41. The Morgan fingerprint density at radius 3 is 2.40 bits per heavy atom. The minimum atomic E-state index is -4.42. The Morgan fingerprint density at radius 2 is 1.77 bits per heavy atom. The van der Waals surface area contributed by atoms with Gasteiger partial charge in [0.25, 0.3) is 0 Å². The number of ether oxygens (including phenoxy) is 1. The summed E-state index contributed by atoms with van der Waals surface area (Å²) in [5, 5.41) is 3.96. The topological polar surface area (TPSA) is 100 Å². The maximum Gasteiger partial charge on any atom is 0.416 e. The number of piperazine rings is 1. The van der Waals surface area contributed by atoms with Crippen molar-refractivity contribution in [3.8, 4) is 0 Å². The fourth-order valence-corrected chi connectivity index (χ4v) is 4.62. The third kappa shape index (κ3) is 6.44. The van der Waals surface area contributed by atoms with Gasteiger partial charge in [0.2, 0.25) is 10.0 Å². The van der Waals surface area contributed by atoms with Gasteiger partial charge in [-0.25, -0.2) is 13.2 Å². The highest BCUT2D eigenvalue weighted by molar-refractivity contribution is 7.92. The minimum Gasteiger partial charge on any atom is -0.378 e. The first-order chi connectivity index (χ1) is 16.5. The maximum absolute atomic E-state index is 13.3. The van der Waals surface area contributed by atoms with E-state index < -0.39 is 21.8 Å². The second-order valence-corrected chi connectivity index (χ2v) is 10.3. The van der Waals surface area contributed by atoms with Gasteiger partial charge in [-0.05, 0) is 17.7 Å². The third-order valence-corrected chi connectivity index (χ3v) is 6.46. The Labute approximate surface area is 201 Å². The van der Waals surface area contributed by atoms with Crippen molar-refractivity contribution < 1.29 is 31.1 Å². The van der Waals surface area contributed by atoms with E-state index in [1.54, 1.807) is 4.90 Å². The van der Waals surface area contributed by atoms with Crippen molar-refractivity contribution in [1.29, 1.82) is 0 Å². The number of rotatable bonds is 5. The summed E-state index contributed by atoms with van der Waals surface area (Å²) in [7, 11) is -3.50. The number of amides is 1. The second kappa shape index (κ2) is 10.0. The molecular weight excluding hydrogens is 489 g/mol. The van der Waals surface area contributed by atoms with Crippen molar-refractivity contribution in [3.05, 3.63) is 41.6 Å². The second-order valence-electron chi connectivity index (χ2n) is 8.51. The highest BCUT2D eigenvalue weighted by Gasteiger charge is 2.32. The Bertz CT molecular complexity index is 1160. The van der Waals surface area contributed by atoms with Gasteiger partial charge in [-0.1, -0.05) is 6.07 Å². The Kier molecular flexibility index (Phi) is 7.24. The van der Waals surface area contributed by atoms with Crippen LogP contribution in [0.15, 0.2) is 30.5 Å². The van der Waals surface area contributed by atoms with E-state index in [1.807, 2.05) is 4.90 Å². The number of halogens is 3. The number of carbonyl (C=O) groups excluding carboxylic acids is 1. The van der Waals surface area contributed by atoms with Gasteiger partial charge in [-0.15, -0.1) is 5.10 Å². The quantitative estimate of drug-likeness (QED) is 0.648. The molecule has 14 heteroatoms. The lowest BCUT2D eigenvalue weighted by Crippen LogP contribution is -2.49. The molecular formula is C21H27F3N6O4S. The smallest absolute Gasteiger partial charge is 0.378 e. The normalized spacial score (nSPS) is 18.1. The molecule has 0 unspecified atom stereocenters. The van der Waals surface area contributed by atoms with Crippen molar-refractivity contribution >= 4 is 27.6 Å². The molecule has 2 fully saturated rings. The summed E-state index contributed by atoms with van der Waals surface area (Å²) in [6, 6.07) is 4.87. The molecule has 192 valence electrons. The predicted molar refractivity (Wildman–Crippen MR) is 123 cm³/mol. The van der Waals surface area contributed by atoms with Gasteiger partial charge in [0.05, 0.1) is 25.0 Å². The molecule has 0 radical (unpaired) electrons. The van der Waals surface area contributed by atoms with Crippen LogP contribution in [0.4, 0.5) is 29.5 Å². The van der Waals surface area contributed by atoms with Crippen LogP contribution in [0.2, 0.25) is 0 Å². The molecule has 0 atom stereocenters. The number of anilines is 2. The van der Waals surface area contributed by atoms with Crippen LogP contribution >= 0.6 is 0 Å². The van der Waals surface area contributed by atoms with E-state index in [4.69, 9.17) is 4.74 Å². The molecule has 1 aromatic carbocycles. The lowest BCUT2D eigenvalue weighted by molar-refractivity contribution is -0.137. The molecule has 35 heavy (non-hydrogen) atoms. The largest absolute Gasteiger partial charge is 0.416 e. The van der Waals surface area contributed by atoms with Crippen LogP contribution in [-0.2, 0) is 27.5 Å².